The summed E-state index contributed by atoms with van der Waals surface area (Å²) in [5.41, 5.74) is 5.28. The van der Waals surface area contributed by atoms with Crippen molar-refractivity contribution in [3.8, 4) is 0 Å². The molecule has 8 aromatic carbocycles. The Bertz CT molecular complexity index is 2330. The van der Waals surface area contributed by atoms with Gasteiger partial charge in [0.25, 0.3) is 0 Å². The Balaban J connectivity index is 1.13. The Morgan fingerprint density at radius 1 is 0.407 bits per heavy atom. The number of fused-ring (bicyclic) bond motifs is 3. The van der Waals surface area contributed by atoms with E-state index in [1.54, 1.807) is 0 Å². The number of hydrogen-bond donors (Lipinski definition) is 0. The summed E-state index contributed by atoms with van der Waals surface area (Å²) in [6.45, 7) is 1.68. The van der Waals surface area contributed by atoms with E-state index in [4.69, 9.17) is 15.5 Å². The maximum atomic E-state index is 4.74. The molecular formula is C50H44BrN2P. The summed E-state index contributed by atoms with van der Waals surface area (Å²) in [5, 5.41) is 6.18. The van der Waals surface area contributed by atoms with Crippen molar-refractivity contribution in [2.45, 2.75) is 32.1 Å². The van der Waals surface area contributed by atoms with Crippen LogP contribution in [0.2, 0.25) is 0 Å². The zero-order chi connectivity index (χ0) is 36.4. The molecule has 4 heteroatoms. The van der Waals surface area contributed by atoms with Crippen LogP contribution in [0.15, 0.2) is 200 Å². The molecule has 0 fully saturated rings. The molecule has 1 heterocycles. The molecule has 0 bridgehead atoms. The zero-order valence-corrected chi connectivity index (χ0v) is 32.9. The van der Waals surface area contributed by atoms with E-state index in [2.05, 4.69) is 210 Å². The first-order valence-corrected chi connectivity index (χ1v) is 23.5. The molecular weight excluding hydrogens is 739 g/mol. The number of nitrogens with zero attached hydrogens (tertiary/aromatic N) is 2. The molecule has 2 nitrogen and oxygen atoms in total. The van der Waals surface area contributed by atoms with Crippen molar-refractivity contribution in [2.75, 3.05) is 16.0 Å². The fourth-order valence-electron chi connectivity index (χ4n) is 8.82. The number of anilines is 2. The van der Waals surface area contributed by atoms with Crippen molar-refractivity contribution in [3.63, 3.8) is 0 Å². The number of benzene rings is 8. The van der Waals surface area contributed by atoms with Crippen molar-refractivity contribution >= 4 is 69.6 Å². The summed E-state index contributed by atoms with van der Waals surface area (Å²) >= 11 is 4.74. The third-order valence-corrected chi connectivity index (χ3v) is 21.5. The minimum atomic E-state index is -3.08. The monoisotopic (exact) mass is 782 g/mol. The second-order valence-corrected chi connectivity index (χ2v) is 23.7. The van der Waals surface area contributed by atoms with Gasteiger partial charge in [-0.25, -0.2) is 0 Å². The molecule has 54 heavy (non-hydrogen) atoms. The van der Waals surface area contributed by atoms with Gasteiger partial charge in [0.1, 0.15) is 0 Å². The van der Waals surface area contributed by atoms with Gasteiger partial charge in [-0.05, 0) is 0 Å². The van der Waals surface area contributed by atoms with Crippen molar-refractivity contribution < 1.29 is 0 Å². The predicted molar refractivity (Wildman–Crippen MR) is 239 cm³/mol. The predicted octanol–water partition coefficient (Wildman–Crippen LogP) is 12.0. The van der Waals surface area contributed by atoms with E-state index in [1.807, 2.05) is 0 Å². The molecule has 0 aromatic heterocycles. The second-order valence-electron chi connectivity index (χ2n) is 14.6. The van der Waals surface area contributed by atoms with Crippen LogP contribution in [-0.2, 0) is 13.1 Å². The second kappa shape index (κ2) is 14.6. The van der Waals surface area contributed by atoms with E-state index in [9.17, 15) is 0 Å². The summed E-state index contributed by atoms with van der Waals surface area (Å²) in [7, 11) is 0. The van der Waals surface area contributed by atoms with Crippen molar-refractivity contribution in [1.29, 1.82) is 0 Å². The molecule has 8 aromatic rings. The minimum absolute atomic E-state index is 0.170. The summed E-state index contributed by atoms with van der Waals surface area (Å²) in [4.78, 5) is 5.36. The van der Waals surface area contributed by atoms with Crippen LogP contribution >= 0.6 is 20.8 Å². The Morgan fingerprint density at radius 2 is 0.778 bits per heavy atom. The van der Waals surface area contributed by atoms with Crippen LogP contribution in [0.25, 0.3) is 21.5 Å². The Morgan fingerprint density at radius 3 is 1.20 bits per heavy atom. The average Bonchev–Trinajstić information content (AvgIpc) is 3.52. The van der Waals surface area contributed by atoms with Crippen LogP contribution < -0.4 is 25.7 Å². The quantitative estimate of drug-likeness (QED) is 0.121. The topological polar surface area (TPSA) is 6.48 Å². The van der Waals surface area contributed by atoms with Crippen LogP contribution in [0.4, 0.5) is 11.4 Å². The third kappa shape index (κ3) is 6.20. The van der Waals surface area contributed by atoms with Gasteiger partial charge in [-0.3, -0.25) is 0 Å². The molecule has 0 atom stereocenters. The van der Waals surface area contributed by atoms with Crippen molar-refractivity contribution in [3.05, 3.63) is 211 Å². The summed E-state index contributed by atoms with van der Waals surface area (Å²) in [6.07, 6.45) is 3.21. The van der Waals surface area contributed by atoms with E-state index in [-0.39, 0.29) is 6.17 Å². The van der Waals surface area contributed by atoms with Crippen LogP contribution in [0, 0.1) is 0 Å². The Kier molecular flexibility index (Phi) is 9.31. The van der Waals surface area contributed by atoms with Gasteiger partial charge in [-0.2, -0.15) is 0 Å². The standard InChI is InChI=1S/C50H44BrN2P/c51-54(45-21-4-1-5-22-45,46-23-6-2-7-24-46,47-25-8-3-9-26-47)34-16-29-50-52(37-39-30-32-41-17-10-12-19-43(41)35-39)48-27-14-15-28-49(48)53(50)38-40-31-33-42-18-11-13-20-44(42)36-40/h1-15,17-28,30-33,35-36,50H,16,29,34,37-38H2. The molecule has 0 aliphatic carbocycles. The molecule has 0 radical (unpaired) electrons. The number of hydrogen-bond acceptors (Lipinski definition) is 2. The van der Waals surface area contributed by atoms with Gasteiger partial charge in [0, 0.05) is 0 Å². The van der Waals surface area contributed by atoms with Gasteiger partial charge >= 0.3 is 329 Å². The first-order chi connectivity index (χ1) is 26.6. The molecule has 266 valence electrons. The molecule has 0 amide bonds. The van der Waals surface area contributed by atoms with Gasteiger partial charge in [0.15, 0.2) is 0 Å². The third-order valence-electron chi connectivity index (χ3n) is 11.5. The summed E-state index contributed by atoms with van der Waals surface area (Å²) in [5.74, 6) is 0. The first-order valence-electron chi connectivity index (χ1n) is 19.1. The number of rotatable bonds is 11. The molecule has 9 rings (SSSR count). The van der Waals surface area contributed by atoms with Gasteiger partial charge in [0.2, 0.25) is 0 Å². The van der Waals surface area contributed by atoms with Crippen LogP contribution in [0.3, 0.4) is 0 Å². The molecule has 0 saturated carbocycles. The molecule has 0 N–H and O–H groups in total. The van der Waals surface area contributed by atoms with Crippen molar-refractivity contribution in [2.24, 2.45) is 0 Å². The maximum absolute atomic E-state index is 4.74. The van der Waals surface area contributed by atoms with Crippen LogP contribution in [0.1, 0.15) is 24.0 Å². The Labute approximate surface area is 327 Å². The average molecular weight is 784 g/mol. The van der Waals surface area contributed by atoms with E-state index in [1.165, 1.54) is 60.0 Å². The van der Waals surface area contributed by atoms with E-state index in [0.717, 1.165) is 32.1 Å². The fourth-order valence-corrected chi connectivity index (χ4v) is 16.5. The molecule has 1 aliphatic rings. The molecule has 1 aliphatic heterocycles. The number of para-hydroxylation sites is 2. The summed E-state index contributed by atoms with van der Waals surface area (Å²) in [6, 6.07) is 74.1. The fraction of sp³-hybridized carbons (Fsp3) is 0.120. The van der Waals surface area contributed by atoms with Crippen LogP contribution in [0.5, 0.6) is 0 Å². The van der Waals surface area contributed by atoms with Gasteiger partial charge in [0.05, 0.1) is 0 Å². The summed E-state index contributed by atoms with van der Waals surface area (Å²) < 4.78 is 0. The van der Waals surface area contributed by atoms with Gasteiger partial charge < -0.3 is 0 Å². The van der Waals surface area contributed by atoms with Gasteiger partial charge in [-0.1, -0.05) is 0 Å². The first kappa shape index (κ1) is 34.6. The number of halogens is 1. The normalized spacial score (nSPS) is 13.9. The molecule has 0 saturated heterocycles. The molecule has 0 unspecified atom stereocenters. The van der Waals surface area contributed by atoms with E-state index >= 15 is 0 Å². The van der Waals surface area contributed by atoms with Gasteiger partial charge in [-0.15, -0.1) is 0 Å². The SMILES string of the molecule is BrP(CCCC1N(Cc2ccc3ccccc3c2)c2ccccc2N1Cc1ccc2ccccc2c1)(c1ccccc1)(c1ccccc1)c1ccccc1. The van der Waals surface area contributed by atoms with Crippen LogP contribution in [-0.4, -0.2) is 12.3 Å². The van der Waals surface area contributed by atoms with Crippen molar-refractivity contribution in [1.82, 2.24) is 0 Å². The van der Waals surface area contributed by atoms with E-state index in [0.29, 0.717) is 0 Å². The zero-order valence-electron chi connectivity index (χ0n) is 30.4. The van der Waals surface area contributed by atoms with E-state index < -0.39 is 5.31 Å². The molecule has 0 spiro atoms. The Hall–Kier alpha value is -5.21.